The van der Waals surface area contributed by atoms with Crippen LogP contribution in [0.4, 0.5) is 0 Å². The Morgan fingerprint density at radius 2 is 1.62 bits per heavy atom. The summed E-state index contributed by atoms with van der Waals surface area (Å²) in [5, 5.41) is 13.2. The first-order valence-corrected chi connectivity index (χ1v) is 14.4. The van der Waals surface area contributed by atoms with Gasteiger partial charge < -0.3 is 14.4 Å². The average Bonchev–Trinajstić information content (AvgIpc) is 3.04. The molecule has 4 nitrogen and oxygen atoms in total. The number of para-hydroxylation sites is 1. The molecule has 0 saturated carbocycles. The number of carbonyl (C=O) groups is 1. The summed E-state index contributed by atoms with van der Waals surface area (Å²) in [5.41, 5.74) is 2.84. The van der Waals surface area contributed by atoms with Crippen LogP contribution in [0.25, 0.3) is 10.9 Å². The third kappa shape index (κ3) is 4.98. The lowest BCUT2D eigenvalue weighted by molar-refractivity contribution is -0.179. The van der Waals surface area contributed by atoms with Crippen molar-refractivity contribution in [1.29, 1.82) is 0 Å². The maximum absolute atomic E-state index is 13.7. The molecule has 0 saturated heterocycles. The first-order chi connectivity index (χ1) is 14.8. The summed E-state index contributed by atoms with van der Waals surface area (Å²) in [5.74, 6) is 1.83. The Kier molecular flexibility index (Phi) is 6.42. The molecule has 5 heteroatoms. The molecule has 2 aromatic carbocycles. The first kappa shape index (κ1) is 23.8. The number of esters is 1. The van der Waals surface area contributed by atoms with E-state index in [-0.39, 0.29) is 0 Å². The molecule has 0 spiro atoms. The van der Waals surface area contributed by atoms with Crippen LogP contribution in [-0.2, 0) is 22.2 Å². The summed E-state index contributed by atoms with van der Waals surface area (Å²) in [6, 6.07) is 17.3. The quantitative estimate of drug-likeness (QED) is 0.332. The topological polar surface area (TPSA) is 51.5 Å². The third-order valence-electron chi connectivity index (χ3n) is 5.16. The van der Waals surface area contributed by atoms with Crippen molar-refractivity contribution in [2.75, 3.05) is 0 Å². The Bertz CT molecular complexity index is 1170. The number of aliphatic hydroxyl groups is 1. The van der Waals surface area contributed by atoms with Gasteiger partial charge in [-0.05, 0) is 32.4 Å². The summed E-state index contributed by atoms with van der Waals surface area (Å²) >= 11 is 0. The molecular formula is C27H33NO3Si. The smallest absolute Gasteiger partial charge is 0.345 e. The largest absolute Gasteiger partial charge is 0.458 e. The highest BCUT2D eigenvalue weighted by atomic mass is 28.3. The molecule has 168 valence electrons. The number of hydrogen-bond acceptors (Lipinski definition) is 3. The van der Waals surface area contributed by atoms with Crippen LogP contribution in [0.15, 0.2) is 60.8 Å². The van der Waals surface area contributed by atoms with Gasteiger partial charge in [0.2, 0.25) is 5.60 Å². The standard InChI is InChI=1S/C27H33NO3Si/c1-26(2,3)31-25(29)27(30,23-19-28(4)24-16-12-11-15-21(23)24)22(17-18-32(5,6)7)20-13-9-8-10-14-20/h8-16,19,22,30H,1-7H3/t22-,27-/m0/s1. The van der Waals surface area contributed by atoms with Gasteiger partial charge in [-0.25, -0.2) is 4.79 Å². The Morgan fingerprint density at radius 3 is 2.22 bits per heavy atom. The zero-order valence-corrected chi connectivity index (χ0v) is 21.1. The van der Waals surface area contributed by atoms with Gasteiger partial charge in [0.25, 0.3) is 0 Å². The normalized spacial score (nSPS) is 14.9. The fraction of sp³-hybridized carbons (Fsp3) is 0.370. The third-order valence-corrected chi connectivity index (χ3v) is 6.05. The van der Waals surface area contributed by atoms with Crippen LogP contribution in [0.5, 0.6) is 0 Å². The van der Waals surface area contributed by atoms with E-state index in [0.717, 1.165) is 16.5 Å². The Labute approximate surface area is 192 Å². The second-order valence-electron chi connectivity index (χ2n) is 10.3. The number of nitrogens with zero attached hydrogens (tertiary/aromatic N) is 1. The van der Waals surface area contributed by atoms with E-state index >= 15 is 0 Å². The lowest BCUT2D eigenvalue weighted by Gasteiger charge is -2.34. The Hall–Kier alpha value is -2.81. The molecule has 3 aromatic rings. The molecule has 1 aromatic heterocycles. The molecule has 32 heavy (non-hydrogen) atoms. The van der Waals surface area contributed by atoms with Gasteiger partial charge in [-0.2, -0.15) is 0 Å². The minimum absolute atomic E-state index is 0.503. The Morgan fingerprint density at radius 1 is 1.03 bits per heavy atom. The number of fused-ring (bicyclic) bond motifs is 1. The fourth-order valence-electron chi connectivity index (χ4n) is 3.75. The van der Waals surface area contributed by atoms with Crippen LogP contribution in [0, 0.1) is 11.5 Å². The van der Waals surface area contributed by atoms with E-state index in [1.54, 1.807) is 20.8 Å². The van der Waals surface area contributed by atoms with Crippen molar-refractivity contribution in [3.63, 3.8) is 0 Å². The van der Waals surface area contributed by atoms with Gasteiger partial charge in [0, 0.05) is 29.7 Å². The van der Waals surface area contributed by atoms with Crippen LogP contribution in [0.3, 0.4) is 0 Å². The molecule has 0 bridgehead atoms. The van der Waals surface area contributed by atoms with Gasteiger partial charge in [-0.1, -0.05) is 74.1 Å². The summed E-state index contributed by atoms with van der Waals surface area (Å²) in [7, 11) is 0.117. The van der Waals surface area contributed by atoms with Crippen LogP contribution in [0.1, 0.15) is 37.8 Å². The minimum atomic E-state index is -1.98. The zero-order valence-electron chi connectivity index (χ0n) is 20.1. The molecule has 3 rings (SSSR count). The molecule has 0 amide bonds. The summed E-state index contributed by atoms with van der Waals surface area (Å²) in [4.78, 5) is 13.7. The van der Waals surface area contributed by atoms with E-state index in [4.69, 9.17) is 4.74 Å². The molecule has 0 unspecified atom stereocenters. The lowest BCUT2D eigenvalue weighted by Crippen LogP contribution is -2.45. The number of rotatable bonds is 4. The molecule has 0 radical (unpaired) electrons. The van der Waals surface area contributed by atoms with Crippen LogP contribution < -0.4 is 0 Å². The fourth-order valence-corrected chi connectivity index (χ4v) is 4.33. The van der Waals surface area contributed by atoms with Gasteiger partial charge in [0.15, 0.2) is 0 Å². The monoisotopic (exact) mass is 447 g/mol. The molecule has 1 heterocycles. The molecule has 0 aliphatic rings. The molecular weight excluding hydrogens is 414 g/mol. The van der Waals surface area contributed by atoms with Crippen molar-refractivity contribution in [2.45, 2.75) is 57.5 Å². The zero-order chi connectivity index (χ0) is 23.7. The highest BCUT2D eigenvalue weighted by Crippen LogP contribution is 2.42. The van der Waals surface area contributed by atoms with Crippen LogP contribution >= 0.6 is 0 Å². The number of benzene rings is 2. The van der Waals surface area contributed by atoms with Crippen molar-refractivity contribution in [2.24, 2.45) is 7.05 Å². The number of aryl methyl sites for hydroxylation is 1. The van der Waals surface area contributed by atoms with E-state index in [2.05, 4.69) is 31.1 Å². The second kappa shape index (κ2) is 8.61. The molecule has 0 aliphatic heterocycles. The van der Waals surface area contributed by atoms with Crippen molar-refractivity contribution in [1.82, 2.24) is 4.57 Å². The van der Waals surface area contributed by atoms with Gasteiger partial charge >= 0.3 is 5.97 Å². The van der Waals surface area contributed by atoms with E-state index in [1.165, 1.54) is 0 Å². The SMILES string of the molecule is Cn1cc([C@](O)(C(=O)OC(C)(C)C)[C@@H](C#C[Si](C)(C)C)c2ccccc2)c2ccccc21. The number of carbonyl (C=O) groups excluding carboxylic acids is 1. The van der Waals surface area contributed by atoms with Crippen LogP contribution in [-0.4, -0.2) is 29.3 Å². The Balaban J connectivity index is 2.35. The molecule has 0 fully saturated rings. The van der Waals surface area contributed by atoms with Crippen LogP contribution in [0.2, 0.25) is 19.6 Å². The van der Waals surface area contributed by atoms with E-state index < -0.39 is 31.2 Å². The number of hydrogen-bond donors (Lipinski definition) is 1. The second-order valence-corrected chi connectivity index (χ2v) is 15.1. The lowest BCUT2D eigenvalue weighted by atomic mass is 9.77. The highest BCUT2D eigenvalue weighted by molar-refractivity contribution is 6.83. The van der Waals surface area contributed by atoms with Gasteiger partial charge in [-0.15, -0.1) is 5.54 Å². The van der Waals surface area contributed by atoms with Gasteiger partial charge in [0.1, 0.15) is 13.7 Å². The van der Waals surface area contributed by atoms with Crippen molar-refractivity contribution >= 4 is 24.9 Å². The predicted molar refractivity (Wildman–Crippen MR) is 133 cm³/mol. The molecule has 1 N–H and O–H groups in total. The predicted octanol–water partition coefficient (Wildman–Crippen LogP) is 5.37. The van der Waals surface area contributed by atoms with Gasteiger partial charge in [-0.3, -0.25) is 0 Å². The summed E-state index contributed by atoms with van der Waals surface area (Å²) in [6.07, 6.45) is 1.82. The molecule has 2 atom stereocenters. The number of aromatic nitrogens is 1. The van der Waals surface area contributed by atoms with E-state index in [0.29, 0.717) is 5.56 Å². The van der Waals surface area contributed by atoms with Crippen molar-refractivity contribution in [3.05, 3.63) is 71.9 Å². The van der Waals surface area contributed by atoms with Gasteiger partial charge in [0.05, 0.1) is 5.92 Å². The maximum Gasteiger partial charge on any atom is 0.345 e. The number of ether oxygens (including phenoxy) is 1. The highest BCUT2D eigenvalue weighted by Gasteiger charge is 2.50. The summed E-state index contributed by atoms with van der Waals surface area (Å²) in [6.45, 7) is 11.9. The maximum atomic E-state index is 13.7. The summed E-state index contributed by atoms with van der Waals surface area (Å²) < 4.78 is 7.72. The first-order valence-electron chi connectivity index (χ1n) is 10.9. The minimum Gasteiger partial charge on any atom is -0.458 e. The van der Waals surface area contributed by atoms with E-state index in [1.807, 2.05) is 72.4 Å². The van der Waals surface area contributed by atoms with Crippen molar-refractivity contribution in [3.8, 4) is 11.5 Å². The average molecular weight is 448 g/mol. The van der Waals surface area contributed by atoms with Crippen molar-refractivity contribution < 1.29 is 14.6 Å². The molecule has 0 aliphatic carbocycles. The van der Waals surface area contributed by atoms with E-state index in [9.17, 15) is 9.90 Å².